The molecule has 0 bridgehead atoms. The van der Waals surface area contributed by atoms with E-state index in [1.807, 2.05) is 20.8 Å². The average Bonchev–Trinajstić information content (AvgIpc) is 3.45. The Morgan fingerprint density at radius 3 is 2.44 bits per heavy atom. The Bertz CT molecular complexity index is 1060. The zero-order chi connectivity index (χ0) is 31.4. The topological polar surface area (TPSA) is 155 Å². The maximum Gasteiger partial charge on any atom is 0.248 e. The molecule has 0 spiro atoms. The first-order chi connectivity index (χ1) is 20.6. The van der Waals surface area contributed by atoms with Crippen molar-refractivity contribution in [3.63, 3.8) is 0 Å². The molecule has 11 heteroatoms. The Kier molecular flexibility index (Phi) is 13.8. The SMILES string of the molecule is CCCC(CC(C)C)(C(=O)NN)C(=O)[C@H](C(=O)n1cnc(C)c1)[C@H](CCCC1CCCCC1)C(=O)NOC1CCCCO1. The van der Waals surface area contributed by atoms with Gasteiger partial charge in [0.2, 0.25) is 17.7 Å². The molecule has 0 aromatic carbocycles. The van der Waals surface area contributed by atoms with Crippen LogP contribution in [0.4, 0.5) is 0 Å². The van der Waals surface area contributed by atoms with E-state index in [1.165, 1.54) is 30.2 Å². The molecule has 0 radical (unpaired) electrons. The number of rotatable bonds is 16. The minimum atomic E-state index is -1.58. The number of nitrogens with two attached hydrogens (primary N) is 1. The van der Waals surface area contributed by atoms with Gasteiger partial charge in [-0.1, -0.05) is 72.1 Å². The molecule has 1 aliphatic heterocycles. The van der Waals surface area contributed by atoms with E-state index >= 15 is 0 Å². The molecule has 1 saturated carbocycles. The molecule has 43 heavy (non-hydrogen) atoms. The third-order valence-corrected chi connectivity index (χ3v) is 9.01. The molecule has 2 aliphatic rings. The number of ether oxygens (including phenoxy) is 1. The van der Waals surface area contributed by atoms with Crippen LogP contribution in [-0.2, 0) is 24.0 Å². The van der Waals surface area contributed by atoms with Gasteiger partial charge in [0.25, 0.3) is 0 Å². The summed E-state index contributed by atoms with van der Waals surface area (Å²) in [7, 11) is 0. The smallest absolute Gasteiger partial charge is 0.248 e. The number of nitrogens with zero attached hydrogens (tertiary/aromatic N) is 2. The largest absolute Gasteiger partial charge is 0.350 e. The van der Waals surface area contributed by atoms with Gasteiger partial charge in [-0.05, 0) is 50.9 Å². The van der Waals surface area contributed by atoms with Gasteiger partial charge in [0.05, 0.1) is 11.6 Å². The Balaban J connectivity index is 2.02. The monoisotopic (exact) mass is 603 g/mol. The summed E-state index contributed by atoms with van der Waals surface area (Å²) >= 11 is 0. The Morgan fingerprint density at radius 2 is 1.86 bits per heavy atom. The second-order valence-electron chi connectivity index (χ2n) is 12.9. The number of carbonyl (C=O) groups excluding carboxylic acids is 4. The van der Waals surface area contributed by atoms with Crippen molar-refractivity contribution in [2.45, 2.75) is 124 Å². The van der Waals surface area contributed by atoms with Gasteiger partial charge in [0.1, 0.15) is 17.7 Å². The molecular weight excluding hydrogens is 550 g/mol. The maximum atomic E-state index is 14.8. The molecule has 1 saturated heterocycles. The van der Waals surface area contributed by atoms with Crippen LogP contribution in [0.15, 0.2) is 12.5 Å². The van der Waals surface area contributed by atoms with Gasteiger partial charge in [-0.15, -0.1) is 0 Å². The van der Waals surface area contributed by atoms with Gasteiger partial charge in [-0.3, -0.25) is 29.2 Å². The molecule has 242 valence electrons. The minimum Gasteiger partial charge on any atom is -0.350 e. The van der Waals surface area contributed by atoms with E-state index in [-0.39, 0.29) is 18.8 Å². The summed E-state index contributed by atoms with van der Waals surface area (Å²) < 4.78 is 6.88. The fourth-order valence-corrected chi connectivity index (χ4v) is 6.93. The van der Waals surface area contributed by atoms with Crippen LogP contribution in [0.5, 0.6) is 0 Å². The number of aryl methyl sites for hydroxylation is 1. The summed E-state index contributed by atoms with van der Waals surface area (Å²) in [5, 5.41) is 0. The third kappa shape index (κ3) is 9.43. The van der Waals surface area contributed by atoms with Crippen molar-refractivity contribution in [3.8, 4) is 0 Å². The molecule has 11 nitrogen and oxygen atoms in total. The van der Waals surface area contributed by atoms with Gasteiger partial charge < -0.3 is 4.74 Å². The third-order valence-electron chi connectivity index (χ3n) is 9.01. The molecule has 4 atom stereocenters. The summed E-state index contributed by atoms with van der Waals surface area (Å²) in [5.74, 6) is 1.27. The number of carbonyl (C=O) groups is 4. The highest BCUT2D eigenvalue weighted by Crippen LogP contribution is 2.40. The highest BCUT2D eigenvalue weighted by molar-refractivity contribution is 6.15. The van der Waals surface area contributed by atoms with E-state index in [2.05, 4.69) is 15.9 Å². The molecule has 2 unspecified atom stereocenters. The van der Waals surface area contributed by atoms with E-state index in [9.17, 15) is 19.2 Å². The maximum absolute atomic E-state index is 14.8. The molecular formula is C32H53N5O6. The molecule has 1 aromatic heterocycles. The summed E-state index contributed by atoms with van der Waals surface area (Å²) in [6, 6.07) is 0. The summed E-state index contributed by atoms with van der Waals surface area (Å²) in [5.41, 5.74) is 3.76. The Morgan fingerprint density at radius 1 is 1.14 bits per heavy atom. The number of amides is 2. The van der Waals surface area contributed by atoms with Gasteiger partial charge in [-0.25, -0.2) is 21.1 Å². The number of hydroxylamine groups is 1. The van der Waals surface area contributed by atoms with Crippen molar-refractivity contribution < 1.29 is 28.8 Å². The van der Waals surface area contributed by atoms with Crippen molar-refractivity contribution in [2.24, 2.45) is 34.9 Å². The van der Waals surface area contributed by atoms with Gasteiger partial charge in [0.15, 0.2) is 12.1 Å². The average molecular weight is 604 g/mol. The van der Waals surface area contributed by atoms with Crippen molar-refractivity contribution in [2.75, 3.05) is 6.61 Å². The standard InChI is InChI=1S/C32H53N5O6/c1-5-17-32(19-22(2)3,31(41)35-33)28(38)27(30(40)37-20-23(4)34-21-37)25(15-11-14-24-12-7-6-8-13-24)29(39)36-43-26-16-9-10-18-42-26/h20-22,24-27H,5-19,33H2,1-4H3,(H,35,41)(H,36,39)/t25-,26?,27+,32?/m0/s1. The molecule has 3 rings (SSSR count). The number of ketones is 1. The quantitative estimate of drug-likeness (QED) is 0.106. The number of imidazole rings is 1. The summed E-state index contributed by atoms with van der Waals surface area (Å²) in [6.07, 6.45) is 13.5. The highest BCUT2D eigenvalue weighted by Gasteiger charge is 2.53. The predicted molar refractivity (Wildman–Crippen MR) is 162 cm³/mol. The summed E-state index contributed by atoms with van der Waals surface area (Å²) in [6.45, 7) is 8.01. The number of hydrazine groups is 1. The number of nitrogens with one attached hydrogen (secondary N) is 2. The molecule has 1 aromatic rings. The summed E-state index contributed by atoms with van der Waals surface area (Å²) in [4.78, 5) is 66.3. The van der Waals surface area contributed by atoms with Crippen LogP contribution in [0.1, 0.15) is 121 Å². The Hall–Kier alpha value is -2.63. The molecule has 2 fully saturated rings. The van der Waals surface area contributed by atoms with E-state index < -0.39 is 47.0 Å². The van der Waals surface area contributed by atoms with Crippen LogP contribution in [0.2, 0.25) is 0 Å². The fourth-order valence-electron chi connectivity index (χ4n) is 6.93. The van der Waals surface area contributed by atoms with Crippen molar-refractivity contribution in [1.82, 2.24) is 20.5 Å². The van der Waals surface area contributed by atoms with Crippen molar-refractivity contribution in [3.05, 3.63) is 18.2 Å². The van der Waals surface area contributed by atoms with Crippen LogP contribution in [-0.4, -0.2) is 46.0 Å². The lowest BCUT2D eigenvalue weighted by atomic mass is 9.65. The zero-order valence-electron chi connectivity index (χ0n) is 26.6. The van der Waals surface area contributed by atoms with E-state index in [1.54, 1.807) is 13.1 Å². The lowest BCUT2D eigenvalue weighted by Crippen LogP contribution is -2.55. The zero-order valence-corrected chi connectivity index (χ0v) is 26.6. The minimum absolute atomic E-state index is 0.0515. The fraction of sp³-hybridized carbons (Fsp3) is 0.781. The van der Waals surface area contributed by atoms with E-state index in [0.29, 0.717) is 43.9 Å². The van der Waals surface area contributed by atoms with Crippen LogP contribution >= 0.6 is 0 Å². The van der Waals surface area contributed by atoms with E-state index in [4.69, 9.17) is 15.4 Å². The first-order valence-electron chi connectivity index (χ1n) is 16.3. The Labute approximate surface area is 256 Å². The predicted octanol–water partition coefficient (Wildman–Crippen LogP) is 4.78. The lowest BCUT2D eigenvalue weighted by molar-refractivity contribution is -0.202. The second kappa shape index (κ2) is 17.0. The van der Waals surface area contributed by atoms with E-state index in [0.717, 1.165) is 32.1 Å². The van der Waals surface area contributed by atoms with Crippen LogP contribution < -0.4 is 16.7 Å². The van der Waals surface area contributed by atoms with Crippen molar-refractivity contribution >= 4 is 23.5 Å². The number of hydrogen-bond donors (Lipinski definition) is 3. The van der Waals surface area contributed by atoms with Crippen molar-refractivity contribution in [1.29, 1.82) is 0 Å². The first-order valence-corrected chi connectivity index (χ1v) is 16.3. The highest BCUT2D eigenvalue weighted by atomic mass is 16.8. The molecule has 4 N–H and O–H groups in total. The van der Waals surface area contributed by atoms with Gasteiger partial charge in [-0.2, -0.15) is 0 Å². The van der Waals surface area contributed by atoms with Crippen LogP contribution in [0.3, 0.4) is 0 Å². The molecule has 2 amide bonds. The lowest BCUT2D eigenvalue weighted by Gasteiger charge is -2.36. The second-order valence-corrected chi connectivity index (χ2v) is 12.9. The van der Waals surface area contributed by atoms with Gasteiger partial charge >= 0.3 is 0 Å². The normalized spacial score (nSPS) is 20.7. The van der Waals surface area contributed by atoms with Gasteiger partial charge in [0, 0.05) is 19.2 Å². The molecule has 1 aliphatic carbocycles. The van der Waals surface area contributed by atoms with Crippen LogP contribution in [0.25, 0.3) is 0 Å². The van der Waals surface area contributed by atoms with Crippen LogP contribution in [0, 0.1) is 36.0 Å². The number of aromatic nitrogens is 2. The number of Topliss-reactive ketones (excluding diaryl/α,β-unsaturated/α-hetero) is 1. The molecule has 2 heterocycles. The number of hydrogen-bond acceptors (Lipinski definition) is 8. The first kappa shape index (κ1) is 34.9.